The molecule has 194 valence electrons. The van der Waals surface area contributed by atoms with Gasteiger partial charge >= 0.3 is 29.6 Å². The normalized spacial score (nSPS) is 16.7. The van der Waals surface area contributed by atoms with Gasteiger partial charge in [-0.05, 0) is 133 Å². The number of ether oxygens (including phenoxy) is 1. The molecule has 0 radical (unpaired) electrons. The first-order valence-electron chi connectivity index (χ1n) is 13.6. The minimum absolute atomic E-state index is 0. The quantitative estimate of drug-likeness (QED) is 0.329. The van der Waals surface area contributed by atoms with Gasteiger partial charge in [-0.3, -0.25) is 0 Å². The fourth-order valence-corrected chi connectivity index (χ4v) is 6.51. The summed E-state index contributed by atoms with van der Waals surface area (Å²) in [5.41, 5.74) is 11.7. The molecular weight excluding hydrogens is 483 g/mol. The van der Waals surface area contributed by atoms with Gasteiger partial charge in [0.2, 0.25) is 0 Å². The number of carboxylic acid groups (broad SMARTS) is 1. The number of carbonyl (C=O) groups is 1. The van der Waals surface area contributed by atoms with E-state index in [2.05, 4.69) is 69.3 Å². The number of aliphatic carboxylic acids is 1. The summed E-state index contributed by atoms with van der Waals surface area (Å²) in [5.74, 6) is 0.0452. The van der Waals surface area contributed by atoms with Gasteiger partial charge in [0.1, 0.15) is 5.75 Å². The second-order valence-electron chi connectivity index (χ2n) is 11.1. The Morgan fingerprint density at radius 1 is 1.05 bits per heavy atom. The fourth-order valence-electron chi connectivity index (χ4n) is 6.51. The molecule has 38 heavy (non-hydrogen) atoms. The Morgan fingerprint density at radius 2 is 1.79 bits per heavy atom. The van der Waals surface area contributed by atoms with Gasteiger partial charge in [0, 0.05) is 19.0 Å². The summed E-state index contributed by atoms with van der Waals surface area (Å²) in [5, 5.41) is 20.4. The van der Waals surface area contributed by atoms with Crippen LogP contribution in [0.3, 0.4) is 0 Å². The molecule has 1 fully saturated rings. The molecule has 0 saturated heterocycles. The topological polar surface area (TPSA) is 69.6 Å². The molecule has 1 N–H and O–H groups in total. The van der Waals surface area contributed by atoms with Crippen LogP contribution in [0.2, 0.25) is 0 Å². The van der Waals surface area contributed by atoms with Gasteiger partial charge in [0.15, 0.2) is 0 Å². The number of carboxylic acids is 1. The number of rotatable bonds is 10. The van der Waals surface area contributed by atoms with Crippen LogP contribution < -0.4 is 39.4 Å². The van der Waals surface area contributed by atoms with Crippen molar-refractivity contribution in [3.05, 3.63) is 87.5 Å². The summed E-state index contributed by atoms with van der Waals surface area (Å²) in [7, 11) is 0. The van der Waals surface area contributed by atoms with Crippen LogP contribution in [0, 0.1) is 26.2 Å². The molecule has 4 nitrogen and oxygen atoms in total. The van der Waals surface area contributed by atoms with Crippen molar-refractivity contribution >= 4 is 5.97 Å². The molecule has 3 aromatic rings. The zero-order chi connectivity index (χ0) is 26.2. The Balaban J connectivity index is 0.00000336. The Morgan fingerprint density at radius 3 is 2.45 bits per heavy atom. The van der Waals surface area contributed by atoms with Crippen molar-refractivity contribution in [2.24, 2.45) is 5.41 Å². The van der Waals surface area contributed by atoms with Gasteiger partial charge in [0.25, 0.3) is 0 Å². The smallest absolute Gasteiger partial charge is 0.550 e. The van der Waals surface area contributed by atoms with Crippen LogP contribution in [0.25, 0.3) is 11.1 Å². The van der Waals surface area contributed by atoms with E-state index in [9.17, 15) is 9.90 Å². The predicted molar refractivity (Wildman–Crippen MR) is 145 cm³/mol. The maximum Gasteiger partial charge on any atom is 1.00 e. The molecule has 1 saturated carbocycles. The predicted octanol–water partition coefficient (Wildman–Crippen LogP) is 2.39. The SMILES string of the molecule is Cc1cc(OCCCO)cc(C)c1-c1cccc(CCc2ccc3c(c2)CC2(CC2)C3CC(=O)[O-])c1C.[Na+]. The first kappa shape index (κ1) is 28.9. The van der Waals surface area contributed by atoms with Crippen molar-refractivity contribution in [1.29, 1.82) is 0 Å². The van der Waals surface area contributed by atoms with Crippen molar-refractivity contribution in [3.8, 4) is 16.9 Å². The third kappa shape index (κ3) is 5.89. The summed E-state index contributed by atoms with van der Waals surface area (Å²) in [6.07, 6.45) is 5.99. The minimum atomic E-state index is -0.933. The van der Waals surface area contributed by atoms with Crippen LogP contribution in [0.5, 0.6) is 5.75 Å². The average molecular weight is 521 g/mol. The first-order valence-corrected chi connectivity index (χ1v) is 13.6. The van der Waals surface area contributed by atoms with Crippen molar-refractivity contribution < 1.29 is 49.3 Å². The molecule has 2 aliphatic carbocycles. The maximum absolute atomic E-state index is 11.4. The number of hydrogen-bond donors (Lipinski definition) is 1. The van der Waals surface area contributed by atoms with E-state index in [1.54, 1.807) is 0 Å². The van der Waals surface area contributed by atoms with Gasteiger partial charge < -0.3 is 19.7 Å². The van der Waals surface area contributed by atoms with E-state index in [4.69, 9.17) is 9.84 Å². The van der Waals surface area contributed by atoms with Gasteiger partial charge in [0.05, 0.1) is 6.61 Å². The summed E-state index contributed by atoms with van der Waals surface area (Å²) in [6.45, 7) is 7.15. The van der Waals surface area contributed by atoms with Crippen LogP contribution in [-0.2, 0) is 24.1 Å². The molecule has 1 atom stereocenters. The number of benzene rings is 3. The van der Waals surface area contributed by atoms with E-state index in [0.29, 0.717) is 13.0 Å². The van der Waals surface area contributed by atoms with Crippen LogP contribution in [0.1, 0.15) is 70.5 Å². The number of hydrogen-bond acceptors (Lipinski definition) is 4. The standard InChI is InChI=1S/C33H38O4.Na/c1-21-16-27(37-15-5-14-34)17-22(2)32(21)28-7-4-6-25(23(28)3)10-8-24-9-11-29-26(18-24)20-33(12-13-33)30(29)19-31(35)36;/h4,6-7,9,11,16-18,30,34H,5,8,10,12-15,19-20H2,1-3H3,(H,35,36);/q;+1/p-1. The fraction of sp³-hybridized carbons (Fsp3) is 0.424. The largest absolute Gasteiger partial charge is 1.00 e. The zero-order valence-electron chi connectivity index (χ0n) is 23.2. The van der Waals surface area contributed by atoms with E-state index >= 15 is 0 Å². The van der Waals surface area contributed by atoms with Gasteiger partial charge in [-0.1, -0.05) is 36.4 Å². The molecule has 0 aliphatic heterocycles. The first-order chi connectivity index (χ1) is 17.8. The third-order valence-electron chi connectivity index (χ3n) is 8.60. The van der Waals surface area contributed by atoms with E-state index in [0.717, 1.165) is 37.9 Å². The second kappa shape index (κ2) is 12.0. The molecule has 0 heterocycles. The molecule has 5 rings (SSSR count). The zero-order valence-corrected chi connectivity index (χ0v) is 25.2. The Bertz CT molecular complexity index is 1300. The van der Waals surface area contributed by atoms with E-state index < -0.39 is 5.97 Å². The van der Waals surface area contributed by atoms with E-state index in [1.165, 1.54) is 50.1 Å². The number of aliphatic hydroxyl groups excluding tert-OH is 1. The Hall–Kier alpha value is -2.11. The summed E-state index contributed by atoms with van der Waals surface area (Å²) >= 11 is 0. The third-order valence-corrected chi connectivity index (χ3v) is 8.60. The molecule has 0 bridgehead atoms. The van der Waals surface area contributed by atoms with Crippen LogP contribution in [0.4, 0.5) is 0 Å². The summed E-state index contributed by atoms with van der Waals surface area (Å²) in [6, 6.07) is 17.5. The Kier molecular flexibility index (Phi) is 9.09. The van der Waals surface area contributed by atoms with E-state index in [-0.39, 0.29) is 53.9 Å². The molecule has 0 amide bonds. The van der Waals surface area contributed by atoms with Crippen molar-refractivity contribution in [1.82, 2.24) is 0 Å². The van der Waals surface area contributed by atoms with Gasteiger partial charge in [-0.15, -0.1) is 0 Å². The minimum Gasteiger partial charge on any atom is -0.550 e. The van der Waals surface area contributed by atoms with Crippen molar-refractivity contribution in [2.75, 3.05) is 13.2 Å². The van der Waals surface area contributed by atoms with Crippen LogP contribution >= 0.6 is 0 Å². The van der Waals surface area contributed by atoms with Crippen molar-refractivity contribution in [3.63, 3.8) is 0 Å². The second-order valence-corrected chi connectivity index (χ2v) is 11.1. The monoisotopic (exact) mass is 520 g/mol. The van der Waals surface area contributed by atoms with Gasteiger partial charge in [-0.2, -0.15) is 0 Å². The van der Waals surface area contributed by atoms with Crippen molar-refractivity contribution in [2.45, 2.75) is 71.6 Å². The average Bonchev–Trinajstić information content (AvgIpc) is 3.56. The van der Waals surface area contributed by atoms with Crippen LogP contribution in [0.15, 0.2) is 48.5 Å². The molecule has 1 spiro atoms. The van der Waals surface area contributed by atoms with E-state index in [1.807, 2.05) is 0 Å². The molecule has 0 aromatic heterocycles. The molecule has 3 aromatic carbocycles. The molecular formula is C33H37NaO4. The number of carbonyl (C=O) groups excluding carboxylic acids is 1. The summed E-state index contributed by atoms with van der Waals surface area (Å²) in [4.78, 5) is 11.4. The number of aryl methyl sites for hydroxylation is 4. The molecule has 1 unspecified atom stereocenters. The maximum atomic E-state index is 11.4. The van der Waals surface area contributed by atoms with Crippen LogP contribution in [-0.4, -0.2) is 24.3 Å². The van der Waals surface area contributed by atoms with Gasteiger partial charge in [-0.25, -0.2) is 0 Å². The summed E-state index contributed by atoms with van der Waals surface area (Å²) < 4.78 is 5.82. The number of fused-ring (bicyclic) bond motifs is 1. The molecule has 2 aliphatic rings. The number of aliphatic hydroxyl groups is 1. The molecule has 5 heteroatoms. The Labute approximate surface area is 248 Å².